The summed E-state index contributed by atoms with van der Waals surface area (Å²) in [5.74, 6) is -1.36. The molecule has 2 rings (SSSR count). The molecule has 0 aliphatic carbocycles. The Kier molecular flexibility index (Phi) is 4.67. The Bertz CT molecular complexity index is 551. The number of methoxy groups -OCH3 is 1. The highest BCUT2D eigenvalue weighted by atomic mass is 79.9. The molecule has 0 saturated carbocycles. The van der Waals surface area contributed by atoms with Crippen LogP contribution in [0, 0.1) is 0 Å². The van der Waals surface area contributed by atoms with E-state index in [0.717, 1.165) is 0 Å². The van der Waals surface area contributed by atoms with Gasteiger partial charge < -0.3 is 14.7 Å². The summed E-state index contributed by atoms with van der Waals surface area (Å²) in [5, 5.41) is 9.70. The average Bonchev–Trinajstić information content (AvgIpc) is 2.85. The normalized spacial score (nSPS) is 22.1. The van der Waals surface area contributed by atoms with Crippen molar-refractivity contribution in [3.63, 3.8) is 0 Å². The first-order valence-electron chi connectivity index (χ1n) is 5.95. The number of rotatable bonds is 3. The van der Waals surface area contributed by atoms with Crippen LogP contribution in [0.25, 0.3) is 0 Å². The molecule has 20 heavy (non-hydrogen) atoms. The minimum absolute atomic E-state index is 0.254. The number of carbonyl (C=O) groups excluding carboxylic acids is 1. The number of hydrogen-bond donors (Lipinski definition) is 1. The Morgan fingerprint density at radius 2 is 2.20 bits per heavy atom. The highest BCUT2D eigenvalue weighted by Gasteiger charge is 2.40. The number of carbonyl (C=O) groups is 2. The molecule has 1 aliphatic rings. The Labute approximate surface area is 129 Å². The quantitative estimate of drug-likeness (QED) is 0.897. The second kappa shape index (κ2) is 6.11. The number of aliphatic carboxylic acids is 1. The van der Waals surface area contributed by atoms with Crippen molar-refractivity contribution < 1.29 is 19.4 Å². The Morgan fingerprint density at radius 1 is 1.50 bits per heavy atom. The van der Waals surface area contributed by atoms with Crippen LogP contribution >= 0.6 is 27.5 Å². The average molecular weight is 363 g/mol. The van der Waals surface area contributed by atoms with Crippen LogP contribution in [0.3, 0.4) is 0 Å². The van der Waals surface area contributed by atoms with E-state index in [1.165, 1.54) is 12.0 Å². The van der Waals surface area contributed by atoms with E-state index in [4.69, 9.17) is 16.3 Å². The van der Waals surface area contributed by atoms with Crippen LogP contribution in [-0.2, 0) is 9.53 Å². The number of carboxylic acids is 1. The highest BCUT2D eigenvalue weighted by molar-refractivity contribution is 9.10. The maximum Gasteiger partial charge on any atom is 0.326 e. The SMILES string of the molecule is COC1CC(C(=O)O)N(C(=O)c2ccc(Cl)c(Br)c2)C1. The largest absolute Gasteiger partial charge is 0.480 e. The van der Waals surface area contributed by atoms with Gasteiger partial charge in [-0.05, 0) is 34.1 Å². The molecule has 1 aliphatic heterocycles. The molecule has 1 N–H and O–H groups in total. The molecule has 1 heterocycles. The zero-order valence-corrected chi connectivity index (χ0v) is 13.0. The minimum atomic E-state index is -1.02. The molecule has 1 fully saturated rings. The number of hydrogen-bond acceptors (Lipinski definition) is 3. The number of carboxylic acid groups (broad SMARTS) is 1. The van der Waals surface area contributed by atoms with Gasteiger partial charge in [0.2, 0.25) is 0 Å². The first-order chi connectivity index (χ1) is 9.43. The molecule has 0 spiro atoms. The Balaban J connectivity index is 2.26. The van der Waals surface area contributed by atoms with Gasteiger partial charge in [-0.1, -0.05) is 11.6 Å². The molecule has 1 aromatic carbocycles. The summed E-state index contributed by atoms with van der Waals surface area (Å²) in [7, 11) is 1.51. The molecule has 5 nitrogen and oxygen atoms in total. The van der Waals surface area contributed by atoms with E-state index in [1.807, 2.05) is 0 Å². The molecule has 0 bridgehead atoms. The van der Waals surface area contributed by atoms with Gasteiger partial charge in [0.15, 0.2) is 0 Å². The monoisotopic (exact) mass is 361 g/mol. The van der Waals surface area contributed by atoms with Crippen molar-refractivity contribution >= 4 is 39.4 Å². The van der Waals surface area contributed by atoms with E-state index in [9.17, 15) is 14.7 Å². The van der Waals surface area contributed by atoms with Gasteiger partial charge in [0.1, 0.15) is 6.04 Å². The van der Waals surface area contributed by atoms with E-state index in [-0.39, 0.29) is 18.6 Å². The predicted octanol–water partition coefficient (Wildman–Crippen LogP) is 2.42. The molecule has 2 atom stereocenters. The van der Waals surface area contributed by atoms with Crippen molar-refractivity contribution in [2.75, 3.05) is 13.7 Å². The van der Waals surface area contributed by atoms with Crippen LogP contribution in [0.4, 0.5) is 0 Å². The lowest BCUT2D eigenvalue weighted by molar-refractivity contribution is -0.141. The van der Waals surface area contributed by atoms with E-state index >= 15 is 0 Å². The molecule has 7 heteroatoms. The molecule has 2 unspecified atom stereocenters. The number of amides is 1. The first kappa shape index (κ1) is 15.3. The van der Waals surface area contributed by atoms with Crippen LogP contribution in [0.2, 0.25) is 5.02 Å². The molecule has 108 valence electrons. The van der Waals surface area contributed by atoms with Crippen molar-refractivity contribution in [1.29, 1.82) is 0 Å². The predicted molar refractivity (Wildman–Crippen MR) is 77.0 cm³/mol. The third kappa shape index (κ3) is 2.97. The summed E-state index contributed by atoms with van der Waals surface area (Å²) in [6.45, 7) is 0.270. The van der Waals surface area contributed by atoms with E-state index in [1.54, 1.807) is 18.2 Å². The van der Waals surface area contributed by atoms with Crippen LogP contribution < -0.4 is 0 Å². The summed E-state index contributed by atoms with van der Waals surface area (Å²) in [6, 6.07) is 3.90. The second-order valence-corrected chi connectivity index (χ2v) is 5.80. The lowest BCUT2D eigenvalue weighted by Crippen LogP contribution is -2.40. The van der Waals surface area contributed by atoms with Crippen molar-refractivity contribution in [3.8, 4) is 0 Å². The molecule has 0 aromatic heterocycles. The van der Waals surface area contributed by atoms with Crippen molar-refractivity contribution in [2.24, 2.45) is 0 Å². The van der Waals surface area contributed by atoms with Crippen LogP contribution in [-0.4, -0.2) is 47.7 Å². The first-order valence-corrected chi connectivity index (χ1v) is 7.12. The third-order valence-electron chi connectivity index (χ3n) is 3.31. The van der Waals surface area contributed by atoms with Crippen LogP contribution in [0.5, 0.6) is 0 Å². The summed E-state index contributed by atoms with van der Waals surface area (Å²) in [6.07, 6.45) is 0.0441. The van der Waals surface area contributed by atoms with Crippen molar-refractivity contribution in [1.82, 2.24) is 4.90 Å². The maximum atomic E-state index is 12.4. The number of halogens is 2. The van der Waals surface area contributed by atoms with Gasteiger partial charge >= 0.3 is 5.97 Å². The van der Waals surface area contributed by atoms with Crippen molar-refractivity contribution in [3.05, 3.63) is 33.3 Å². The van der Waals surface area contributed by atoms with Gasteiger partial charge in [0.05, 0.1) is 11.1 Å². The van der Waals surface area contributed by atoms with E-state index in [0.29, 0.717) is 21.5 Å². The Hall–Kier alpha value is -1.11. The van der Waals surface area contributed by atoms with Gasteiger partial charge in [0, 0.05) is 30.1 Å². The summed E-state index contributed by atoms with van der Waals surface area (Å²) >= 11 is 9.13. The number of ether oxygens (including phenoxy) is 1. The molecule has 1 amide bonds. The van der Waals surface area contributed by atoms with Crippen LogP contribution in [0.1, 0.15) is 16.8 Å². The summed E-state index contributed by atoms with van der Waals surface area (Å²) in [5.41, 5.74) is 0.393. The minimum Gasteiger partial charge on any atom is -0.480 e. The fraction of sp³-hybridized carbons (Fsp3) is 0.385. The lowest BCUT2D eigenvalue weighted by Gasteiger charge is -2.21. The summed E-state index contributed by atoms with van der Waals surface area (Å²) < 4.78 is 5.76. The number of nitrogens with zero attached hydrogens (tertiary/aromatic N) is 1. The van der Waals surface area contributed by atoms with Gasteiger partial charge in [0.25, 0.3) is 5.91 Å². The molecule has 1 aromatic rings. The third-order valence-corrected chi connectivity index (χ3v) is 4.52. The maximum absolute atomic E-state index is 12.4. The van der Waals surface area contributed by atoms with E-state index < -0.39 is 12.0 Å². The number of likely N-dealkylation sites (tertiary alicyclic amines) is 1. The fourth-order valence-corrected chi connectivity index (χ4v) is 2.72. The number of benzene rings is 1. The topological polar surface area (TPSA) is 66.8 Å². The fourth-order valence-electron chi connectivity index (χ4n) is 2.22. The zero-order valence-electron chi connectivity index (χ0n) is 10.7. The standard InChI is InChI=1S/C13H13BrClNO4/c1-20-8-5-11(13(18)19)16(6-8)12(17)7-2-3-10(15)9(14)4-7/h2-4,8,11H,5-6H2,1H3,(H,18,19). The highest BCUT2D eigenvalue weighted by Crippen LogP contribution is 2.27. The molecule has 1 saturated heterocycles. The van der Waals surface area contributed by atoms with Gasteiger partial charge in [-0.15, -0.1) is 0 Å². The van der Waals surface area contributed by atoms with Crippen molar-refractivity contribution in [2.45, 2.75) is 18.6 Å². The Morgan fingerprint density at radius 3 is 2.75 bits per heavy atom. The van der Waals surface area contributed by atoms with Gasteiger partial charge in [-0.2, -0.15) is 0 Å². The molecular formula is C13H13BrClNO4. The lowest BCUT2D eigenvalue weighted by atomic mass is 10.1. The molecular weight excluding hydrogens is 350 g/mol. The summed E-state index contributed by atoms with van der Waals surface area (Å²) in [4.78, 5) is 25.0. The van der Waals surface area contributed by atoms with Gasteiger partial charge in [-0.25, -0.2) is 4.79 Å². The van der Waals surface area contributed by atoms with E-state index in [2.05, 4.69) is 15.9 Å². The smallest absolute Gasteiger partial charge is 0.326 e. The molecule has 0 radical (unpaired) electrons. The second-order valence-electron chi connectivity index (χ2n) is 4.53. The zero-order chi connectivity index (χ0) is 14.9. The van der Waals surface area contributed by atoms with Gasteiger partial charge in [-0.3, -0.25) is 4.79 Å². The van der Waals surface area contributed by atoms with Crippen LogP contribution in [0.15, 0.2) is 22.7 Å².